The number of benzene rings is 12. The number of rotatable bonds is 9. The van der Waals surface area contributed by atoms with Crippen LogP contribution in [0.4, 0.5) is 34.1 Å². The Hall–Kier alpha value is -9.76. The van der Waals surface area contributed by atoms with Crippen molar-refractivity contribution in [3.8, 4) is 44.5 Å². The molecule has 0 fully saturated rings. The highest BCUT2D eigenvalue weighted by Crippen LogP contribution is 2.65. The Labute approximate surface area is 444 Å². The van der Waals surface area contributed by atoms with Crippen molar-refractivity contribution < 1.29 is 0 Å². The minimum atomic E-state index is -0.537. The largest absolute Gasteiger partial charge is 0.310 e. The lowest BCUT2D eigenvalue weighted by molar-refractivity contribution is 0.754. The molecule has 12 aromatic rings. The van der Waals surface area contributed by atoms with Gasteiger partial charge < -0.3 is 9.80 Å². The van der Waals surface area contributed by atoms with Crippen molar-refractivity contribution in [1.82, 2.24) is 0 Å². The molecule has 1 heterocycles. The smallest absolute Gasteiger partial charge is 0.0754 e. The van der Waals surface area contributed by atoms with Gasteiger partial charge in [0.05, 0.1) is 22.2 Å². The standard InChI is InChI=1S/C74H50N2/c1-6-21-51(22-7-1)52-37-42-59(43-38-52)75(61-46-48-63-62-31-16-17-33-66(62)73(69(63)50-61,55-23-8-2-9-24-55)56-25-10-3-11-26-56)60-44-39-53(40-45-60)54-41-47-64-65-32-20-36-71-72(65)74(68(64)49-54,57-27-12-4-13-28-57)67-34-18-19-35-70(67)76(71)58-29-14-5-15-30-58/h1-50H. The molecule has 0 aromatic heterocycles. The lowest BCUT2D eigenvalue weighted by atomic mass is 9.64. The minimum absolute atomic E-state index is 0.527. The Bertz CT molecular complexity index is 4090. The van der Waals surface area contributed by atoms with E-state index in [1.54, 1.807) is 0 Å². The van der Waals surface area contributed by atoms with Crippen molar-refractivity contribution in [2.75, 3.05) is 9.80 Å². The molecule has 1 atom stereocenters. The summed E-state index contributed by atoms with van der Waals surface area (Å²) >= 11 is 0. The molecule has 2 heteroatoms. The zero-order valence-electron chi connectivity index (χ0n) is 41.8. The average molecular weight is 967 g/mol. The summed E-state index contributed by atoms with van der Waals surface area (Å²) in [5.41, 5.74) is 25.8. The van der Waals surface area contributed by atoms with E-state index in [-0.39, 0.29) is 0 Å². The maximum absolute atomic E-state index is 2.49. The van der Waals surface area contributed by atoms with Crippen LogP contribution >= 0.6 is 0 Å². The first-order chi connectivity index (χ1) is 37.7. The van der Waals surface area contributed by atoms with Gasteiger partial charge in [0, 0.05) is 28.3 Å². The van der Waals surface area contributed by atoms with E-state index in [1.807, 2.05) is 0 Å². The van der Waals surface area contributed by atoms with Gasteiger partial charge in [0.2, 0.25) is 0 Å². The van der Waals surface area contributed by atoms with Crippen LogP contribution in [0.25, 0.3) is 44.5 Å². The first-order valence-electron chi connectivity index (χ1n) is 26.4. The van der Waals surface area contributed by atoms with Crippen LogP contribution in [0.1, 0.15) is 44.5 Å². The second-order valence-electron chi connectivity index (χ2n) is 20.3. The molecule has 0 saturated heterocycles. The van der Waals surface area contributed by atoms with Crippen molar-refractivity contribution in [3.63, 3.8) is 0 Å². The molecule has 356 valence electrons. The van der Waals surface area contributed by atoms with Crippen LogP contribution < -0.4 is 9.80 Å². The molecular weight excluding hydrogens is 917 g/mol. The van der Waals surface area contributed by atoms with Crippen molar-refractivity contribution >= 4 is 34.1 Å². The Morgan fingerprint density at radius 3 is 1.32 bits per heavy atom. The fourth-order valence-corrected chi connectivity index (χ4v) is 13.4. The summed E-state index contributed by atoms with van der Waals surface area (Å²) in [6.45, 7) is 0. The average Bonchev–Trinajstić information content (AvgIpc) is 4.17. The van der Waals surface area contributed by atoms with Gasteiger partial charge in [-0.15, -0.1) is 0 Å². The number of hydrogen-bond acceptors (Lipinski definition) is 2. The van der Waals surface area contributed by atoms with Crippen molar-refractivity contribution in [2.45, 2.75) is 10.8 Å². The quantitative estimate of drug-likeness (QED) is 0.142. The van der Waals surface area contributed by atoms with Gasteiger partial charge in [0.1, 0.15) is 0 Å². The SMILES string of the molecule is c1ccc(-c2ccc(N(c3ccc(-c4ccc5c(c4)C4(c6ccccc6)c6ccccc6N(c6ccccc6)c6cccc-5c64)cc3)c3ccc4c(c3)C(c3ccccc3)(c3ccccc3)c3ccccc3-4)cc2)cc1. The van der Waals surface area contributed by atoms with E-state index in [0.29, 0.717) is 0 Å². The molecule has 76 heavy (non-hydrogen) atoms. The second kappa shape index (κ2) is 17.4. The highest BCUT2D eigenvalue weighted by atomic mass is 15.2. The second-order valence-corrected chi connectivity index (χ2v) is 20.3. The summed E-state index contributed by atoms with van der Waals surface area (Å²) in [5, 5.41) is 0. The number of hydrogen-bond donors (Lipinski definition) is 0. The fourth-order valence-electron chi connectivity index (χ4n) is 13.4. The van der Waals surface area contributed by atoms with Gasteiger partial charge >= 0.3 is 0 Å². The van der Waals surface area contributed by atoms with Crippen molar-refractivity contribution in [3.05, 3.63) is 348 Å². The Balaban J connectivity index is 0.893. The molecule has 0 amide bonds. The summed E-state index contributed by atoms with van der Waals surface area (Å²) < 4.78 is 0. The van der Waals surface area contributed by atoms with Gasteiger partial charge in [-0.1, -0.05) is 237 Å². The minimum Gasteiger partial charge on any atom is -0.310 e. The van der Waals surface area contributed by atoms with E-state index >= 15 is 0 Å². The number of nitrogens with zero attached hydrogens (tertiary/aromatic N) is 2. The molecule has 3 aliphatic rings. The zero-order valence-corrected chi connectivity index (χ0v) is 41.8. The van der Waals surface area contributed by atoms with Crippen LogP contribution in [0.3, 0.4) is 0 Å². The molecule has 2 aliphatic carbocycles. The highest BCUT2D eigenvalue weighted by molar-refractivity contribution is 6.00. The van der Waals surface area contributed by atoms with Crippen LogP contribution in [0.2, 0.25) is 0 Å². The van der Waals surface area contributed by atoms with Crippen LogP contribution in [-0.2, 0) is 10.8 Å². The van der Waals surface area contributed by atoms with Gasteiger partial charge in [0.15, 0.2) is 0 Å². The van der Waals surface area contributed by atoms with Gasteiger partial charge in [-0.05, 0) is 150 Å². The maximum Gasteiger partial charge on any atom is 0.0754 e. The molecule has 12 aromatic carbocycles. The van der Waals surface area contributed by atoms with E-state index in [1.165, 1.54) is 94.8 Å². The molecule has 0 N–H and O–H groups in total. The first-order valence-corrected chi connectivity index (χ1v) is 26.4. The number of fused-ring (bicyclic) bond motifs is 8. The third-order valence-corrected chi connectivity index (χ3v) is 16.5. The normalized spacial score (nSPS) is 15.0. The summed E-state index contributed by atoms with van der Waals surface area (Å²) in [6.07, 6.45) is 0. The molecule has 1 aliphatic heterocycles. The summed E-state index contributed by atoms with van der Waals surface area (Å²) in [5.74, 6) is 0. The molecule has 0 spiro atoms. The van der Waals surface area contributed by atoms with Gasteiger partial charge in [0.25, 0.3) is 0 Å². The predicted molar refractivity (Wildman–Crippen MR) is 315 cm³/mol. The molecule has 1 unspecified atom stereocenters. The Kier molecular flexibility index (Phi) is 10.0. The molecule has 0 saturated carbocycles. The van der Waals surface area contributed by atoms with Crippen LogP contribution in [-0.4, -0.2) is 0 Å². The molecule has 0 radical (unpaired) electrons. The molecule has 15 rings (SSSR count). The van der Waals surface area contributed by atoms with Crippen molar-refractivity contribution in [2.24, 2.45) is 0 Å². The first kappa shape index (κ1) is 43.8. The van der Waals surface area contributed by atoms with Crippen LogP contribution in [0, 0.1) is 0 Å². The predicted octanol–water partition coefficient (Wildman–Crippen LogP) is 19.0. The van der Waals surface area contributed by atoms with Crippen LogP contribution in [0.5, 0.6) is 0 Å². The lowest BCUT2D eigenvalue weighted by Gasteiger charge is -2.44. The highest BCUT2D eigenvalue weighted by Gasteiger charge is 2.53. The topological polar surface area (TPSA) is 6.48 Å². The third kappa shape index (κ3) is 6.41. The summed E-state index contributed by atoms with van der Waals surface area (Å²) in [4.78, 5) is 4.90. The molecule has 2 nitrogen and oxygen atoms in total. The molecule has 0 bridgehead atoms. The Morgan fingerprint density at radius 1 is 0.250 bits per heavy atom. The number of anilines is 6. The summed E-state index contributed by atoms with van der Waals surface area (Å²) in [6, 6.07) is 112. The van der Waals surface area contributed by atoms with Gasteiger partial charge in [-0.2, -0.15) is 0 Å². The summed E-state index contributed by atoms with van der Waals surface area (Å²) in [7, 11) is 0. The van der Waals surface area contributed by atoms with Gasteiger partial charge in [-0.25, -0.2) is 0 Å². The Morgan fingerprint density at radius 2 is 0.671 bits per heavy atom. The van der Waals surface area contributed by atoms with Gasteiger partial charge in [-0.3, -0.25) is 0 Å². The molecular formula is C74H50N2. The fraction of sp³-hybridized carbons (Fsp3) is 0.0270. The van der Waals surface area contributed by atoms with E-state index in [9.17, 15) is 0 Å². The number of para-hydroxylation sites is 2. The lowest BCUT2D eigenvalue weighted by Crippen LogP contribution is -2.35. The monoisotopic (exact) mass is 966 g/mol. The zero-order chi connectivity index (χ0) is 50.2. The van der Waals surface area contributed by atoms with E-state index in [0.717, 1.165) is 28.3 Å². The van der Waals surface area contributed by atoms with E-state index in [4.69, 9.17) is 0 Å². The van der Waals surface area contributed by atoms with E-state index < -0.39 is 10.8 Å². The third-order valence-electron chi connectivity index (χ3n) is 16.5. The maximum atomic E-state index is 2.49. The van der Waals surface area contributed by atoms with Crippen molar-refractivity contribution in [1.29, 1.82) is 0 Å². The van der Waals surface area contributed by atoms with Crippen LogP contribution in [0.15, 0.2) is 303 Å². The van der Waals surface area contributed by atoms with E-state index in [2.05, 4.69) is 313 Å².